The van der Waals surface area contributed by atoms with Gasteiger partial charge in [-0.3, -0.25) is 0 Å². The number of aliphatic imine (C=N–C) groups is 1. The highest BCUT2D eigenvalue weighted by atomic mass is 32.1. The number of rotatable bonds is 2. The van der Waals surface area contributed by atoms with Crippen LogP contribution >= 0.6 is 12.9 Å². The Labute approximate surface area is 58.5 Å². The highest BCUT2D eigenvalue weighted by molar-refractivity contribution is 7.75. The molecule has 0 aromatic carbocycles. The Bertz CT molecular complexity index is 114. The van der Waals surface area contributed by atoms with Gasteiger partial charge in [0.15, 0.2) is 6.40 Å². The van der Waals surface area contributed by atoms with E-state index in [-0.39, 0.29) is 0 Å². The average Bonchev–Trinajstić information content (AvgIpc) is 1.85. The van der Waals surface area contributed by atoms with E-state index in [4.69, 9.17) is 0 Å². The van der Waals surface area contributed by atoms with Gasteiger partial charge in [-0.15, -0.1) is 4.99 Å². The highest BCUT2D eigenvalue weighted by Crippen LogP contribution is 1.81. The van der Waals surface area contributed by atoms with Gasteiger partial charge in [-0.25, -0.2) is 4.79 Å². The van der Waals surface area contributed by atoms with Gasteiger partial charge >= 0.3 is 6.09 Å². The first-order chi connectivity index (χ1) is 4.31. The monoisotopic (exact) mass is 149 g/mol. The van der Waals surface area contributed by atoms with Gasteiger partial charge in [0, 0.05) is 12.9 Å². The zero-order chi connectivity index (χ0) is 7.11. The molecule has 0 aromatic rings. The molecule has 0 fully saturated rings. The van der Waals surface area contributed by atoms with Crippen LogP contribution in [-0.4, -0.2) is 19.1 Å². The minimum atomic E-state index is -0.674. The lowest BCUT2D eigenvalue weighted by Crippen LogP contribution is -1.97. The summed E-state index contributed by atoms with van der Waals surface area (Å²) in [5, 5.41) is 0. The molecule has 0 atom stereocenters. The van der Waals surface area contributed by atoms with Crippen molar-refractivity contribution < 1.29 is 13.7 Å². The predicted molar refractivity (Wildman–Crippen MR) is 35.6 cm³/mol. The van der Waals surface area contributed by atoms with Crippen LogP contribution in [0.25, 0.3) is 0 Å². The van der Waals surface area contributed by atoms with Crippen LogP contribution in [0.2, 0.25) is 0 Å². The summed E-state index contributed by atoms with van der Waals surface area (Å²) in [5.74, 6) is 0. The number of carbonyl (C=O) groups excluding carboxylic acids is 1. The molecule has 0 saturated carbocycles. The van der Waals surface area contributed by atoms with Crippen molar-refractivity contribution in [2.45, 2.75) is 6.92 Å². The largest absolute Gasteiger partial charge is 0.448 e. The van der Waals surface area contributed by atoms with Crippen molar-refractivity contribution in [3.05, 3.63) is 0 Å². The molecule has 1 amide bonds. The van der Waals surface area contributed by atoms with E-state index < -0.39 is 6.09 Å². The maximum absolute atomic E-state index is 10.3. The Hall–Kier alpha value is -0.710. The van der Waals surface area contributed by atoms with Crippen molar-refractivity contribution in [1.29, 1.82) is 0 Å². The fraction of sp³-hybridized carbons (Fsp3) is 0.500. The molecule has 52 valence electrons. The molecule has 0 N–H and O–H groups in total. The van der Waals surface area contributed by atoms with Gasteiger partial charge in [0.25, 0.3) is 0 Å². The maximum atomic E-state index is 10.3. The maximum Gasteiger partial charge on any atom is 0.436 e. The molecule has 0 aliphatic rings. The van der Waals surface area contributed by atoms with Crippen molar-refractivity contribution in [2.75, 3.05) is 6.61 Å². The molecule has 4 nitrogen and oxygen atoms in total. The molecule has 0 heterocycles. The second-order valence-electron chi connectivity index (χ2n) is 1.04. The summed E-state index contributed by atoms with van der Waals surface area (Å²) in [6, 6.07) is 0. The van der Waals surface area contributed by atoms with Crippen LogP contribution in [0, 0.1) is 0 Å². The van der Waals surface area contributed by atoms with Crippen LogP contribution in [0.1, 0.15) is 6.92 Å². The minimum absolute atomic E-state index is 0.308. The zero-order valence-corrected chi connectivity index (χ0v) is 5.80. The van der Waals surface area contributed by atoms with Crippen molar-refractivity contribution in [3.63, 3.8) is 0 Å². The average molecular weight is 149 g/mol. The highest BCUT2D eigenvalue weighted by Gasteiger charge is 1.92. The first-order valence-corrected chi connectivity index (χ1v) is 2.67. The van der Waals surface area contributed by atoms with E-state index in [0.29, 0.717) is 6.61 Å². The van der Waals surface area contributed by atoms with Gasteiger partial charge < -0.3 is 8.92 Å². The number of hydrogen-bond acceptors (Lipinski definition) is 4. The summed E-state index contributed by atoms with van der Waals surface area (Å²) in [6.45, 7) is 2.00. The lowest BCUT2D eigenvalue weighted by Gasteiger charge is -1.91. The van der Waals surface area contributed by atoms with E-state index in [1.54, 1.807) is 6.92 Å². The molecule has 0 unspecified atom stereocenters. The van der Waals surface area contributed by atoms with Crippen molar-refractivity contribution in [2.24, 2.45) is 4.99 Å². The number of hydrogen-bond donors (Lipinski definition) is 1. The molecule has 0 saturated heterocycles. The van der Waals surface area contributed by atoms with Gasteiger partial charge in [0.05, 0.1) is 6.61 Å². The molecule has 0 aromatic heterocycles. The summed E-state index contributed by atoms with van der Waals surface area (Å²) in [4.78, 5) is 13.4. The lowest BCUT2D eigenvalue weighted by molar-refractivity contribution is 0.163. The number of nitrogens with zero attached hydrogens (tertiary/aromatic N) is 1. The third-order valence-corrected chi connectivity index (χ3v) is 0.567. The van der Waals surface area contributed by atoms with E-state index in [1.165, 1.54) is 0 Å². The SMILES string of the molecule is CCOC(=O)/N=C/OS. The third-order valence-electron chi connectivity index (χ3n) is 0.473. The van der Waals surface area contributed by atoms with Crippen LogP contribution in [-0.2, 0) is 8.92 Å². The molecule has 9 heavy (non-hydrogen) atoms. The molecular formula is C4H7NO3S. The first-order valence-electron chi connectivity index (χ1n) is 2.30. The van der Waals surface area contributed by atoms with Gasteiger partial charge in [-0.2, -0.15) is 0 Å². The zero-order valence-electron chi connectivity index (χ0n) is 4.90. The lowest BCUT2D eigenvalue weighted by atomic mass is 10.9. The van der Waals surface area contributed by atoms with Crippen LogP contribution in [0.3, 0.4) is 0 Å². The summed E-state index contributed by atoms with van der Waals surface area (Å²) < 4.78 is 8.45. The molecule has 0 bridgehead atoms. The van der Waals surface area contributed by atoms with E-state index in [2.05, 4.69) is 26.8 Å². The molecule has 0 aliphatic carbocycles. The van der Waals surface area contributed by atoms with E-state index in [0.717, 1.165) is 6.40 Å². The van der Waals surface area contributed by atoms with E-state index in [9.17, 15) is 4.79 Å². The molecule has 0 rings (SSSR count). The first kappa shape index (κ1) is 8.29. The quantitative estimate of drug-likeness (QED) is 0.276. The fourth-order valence-electron chi connectivity index (χ4n) is 0.227. The number of carbonyl (C=O) groups is 1. The second kappa shape index (κ2) is 5.43. The van der Waals surface area contributed by atoms with Crippen molar-refractivity contribution >= 4 is 25.4 Å². The summed E-state index contributed by atoms with van der Waals surface area (Å²) >= 11 is 3.31. The van der Waals surface area contributed by atoms with Crippen molar-refractivity contribution in [3.8, 4) is 0 Å². The second-order valence-corrected chi connectivity index (χ2v) is 1.25. The van der Waals surface area contributed by atoms with Crippen LogP contribution in [0.15, 0.2) is 4.99 Å². The molecule has 5 heteroatoms. The number of thiol groups is 1. The molecule has 0 radical (unpaired) electrons. The van der Waals surface area contributed by atoms with Gasteiger partial charge in [0.2, 0.25) is 0 Å². The third kappa shape index (κ3) is 5.16. The molecule has 0 aliphatic heterocycles. The summed E-state index contributed by atoms with van der Waals surface area (Å²) in [7, 11) is 0. The summed E-state index contributed by atoms with van der Waals surface area (Å²) in [6.07, 6.45) is 0.215. The molecular weight excluding hydrogens is 142 g/mol. The van der Waals surface area contributed by atoms with Crippen LogP contribution < -0.4 is 0 Å². The fourth-order valence-corrected chi connectivity index (χ4v) is 0.274. The van der Waals surface area contributed by atoms with Crippen LogP contribution in [0.5, 0.6) is 0 Å². The van der Waals surface area contributed by atoms with Gasteiger partial charge in [0.1, 0.15) is 0 Å². The van der Waals surface area contributed by atoms with Gasteiger partial charge in [-0.05, 0) is 6.92 Å². The molecule has 0 spiro atoms. The van der Waals surface area contributed by atoms with Gasteiger partial charge in [-0.1, -0.05) is 0 Å². The Kier molecular flexibility index (Phi) is 5.00. The Morgan fingerprint density at radius 2 is 2.56 bits per heavy atom. The Balaban J connectivity index is 3.37. The smallest absolute Gasteiger partial charge is 0.436 e. The van der Waals surface area contributed by atoms with E-state index in [1.807, 2.05) is 0 Å². The minimum Gasteiger partial charge on any atom is -0.448 e. The van der Waals surface area contributed by atoms with Crippen molar-refractivity contribution in [1.82, 2.24) is 0 Å². The standard InChI is InChI=1S/C4H7NO3S/c1-2-7-4(6)5-3-8-9/h3,9H,2H2,1H3/b5-3+. The number of amides is 1. The topological polar surface area (TPSA) is 47.9 Å². The Morgan fingerprint density at radius 3 is 3.00 bits per heavy atom. The van der Waals surface area contributed by atoms with E-state index >= 15 is 0 Å². The Morgan fingerprint density at radius 1 is 1.89 bits per heavy atom. The number of ether oxygens (including phenoxy) is 1. The predicted octanol–water partition coefficient (Wildman–Crippen LogP) is 1.03. The summed E-state index contributed by atoms with van der Waals surface area (Å²) in [5.41, 5.74) is 0. The normalized spacial score (nSPS) is 9.56. The van der Waals surface area contributed by atoms with Crippen LogP contribution in [0.4, 0.5) is 4.79 Å².